The molecule has 0 bridgehead atoms. The Labute approximate surface area is 150 Å². The zero-order chi connectivity index (χ0) is 18.0. The van der Waals surface area contributed by atoms with Gasteiger partial charge in [0.2, 0.25) is 0 Å². The van der Waals surface area contributed by atoms with Crippen LogP contribution in [0, 0.1) is 6.92 Å². The van der Waals surface area contributed by atoms with E-state index < -0.39 is 5.60 Å². The van der Waals surface area contributed by atoms with Crippen LogP contribution in [0.15, 0.2) is 30.3 Å². The number of ether oxygens (including phenoxy) is 2. The molecule has 0 aliphatic carbocycles. The van der Waals surface area contributed by atoms with Crippen molar-refractivity contribution in [2.45, 2.75) is 59.0 Å². The predicted octanol–water partition coefficient (Wildman–Crippen LogP) is 5.56. The molecule has 0 aromatic heterocycles. The molecule has 3 heteroatoms. The molecule has 1 aliphatic heterocycles. The number of carbonyl (C=O) groups is 1. The lowest BCUT2D eigenvalue weighted by Gasteiger charge is -2.36. The van der Waals surface area contributed by atoms with Gasteiger partial charge >= 0.3 is 0 Å². The molecule has 2 aromatic carbocycles. The van der Waals surface area contributed by atoms with Gasteiger partial charge in [0.1, 0.15) is 17.1 Å². The Balaban J connectivity index is 2.15. The third-order valence-corrected chi connectivity index (χ3v) is 4.83. The number of hydrogen-bond donors (Lipinski definition) is 0. The van der Waals surface area contributed by atoms with E-state index >= 15 is 0 Å². The first-order chi connectivity index (χ1) is 12.0. The van der Waals surface area contributed by atoms with Gasteiger partial charge in [-0.15, -0.1) is 0 Å². The SMILES string of the molecule is CCCCCc1cc(OC=O)c2c(c1)OC(C)(C)c1ccc(C)cc1-2. The summed E-state index contributed by atoms with van der Waals surface area (Å²) in [6.07, 6.45) is 4.45. The minimum Gasteiger partial charge on any atom is -0.482 e. The van der Waals surface area contributed by atoms with Crippen molar-refractivity contribution in [1.29, 1.82) is 0 Å². The van der Waals surface area contributed by atoms with Crippen molar-refractivity contribution >= 4 is 6.47 Å². The highest BCUT2D eigenvalue weighted by Crippen LogP contribution is 2.50. The van der Waals surface area contributed by atoms with E-state index in [4.69, 9.17) is 9.47 Å². The molecule has 3 nitrogen and oxygen atoms in total. The van der Waals surface area contributed by atoms with Gasteiger partial charge in [0.25, 0.3) is 6.47 Å². The quantitative estimate of drug-likeness (QED) is 0.511. The smallest absolute Gasteiger partial charge is 0.298 e. The first-order valence-electron chi connectivity index (χ1n) is 9.04. The molecule has 2 aromatic rings. The number of fused-ring (bicyclic) bond motifs is 3. The zero-order valence-electron chi connectivity index (χ0n) is 15.5. The van der Waals surface area contributed by atoms with Gasteiger partial charge in [0.05, 0.1) is 5.56 Å². The lowest BCUT2D eigenvalue weighted by Crippen LogP contribution is -2.29. The molecule has 3 rings (SSSR count). The van der Waals surface area contributed by atoms with Crippen LogP contribution in [0.3, 0.4) is 0 Å². The monoisotopic (exact) mass is 338 g/mol. The molecule has 0 N–H and O–H groups in total. The molecular formula is C22H26O3. The van der Waals surface area contributed by atoms with Gasteiger partial charge < -0.3 is 9.47 Å². The van der Waals surface area contributed by atoms with E-state index in [0.29, 0.717) is 12.2 Å². The van der Waals surface area contributed by atoms with Crippen LogP contribution in [0.25, 0.3) is 11.1 Å². The Morgan fingerprint density at radius 2 is 1.96 bits per heavy atom. The van der Waals surface area contributed by atoms with E-state index in [2.05, 4.69) is 52.0 Å². The highest BCUT2D eigenvalue weighted by molar-refractivity contribution is 5.83. The van der Waals surface area contributed by atoms with E-state index in [9.17, 15) is 4.79 Å². The van der Waals surface area contributed by atoms with Gasteiger partial charge in [-0.25, -0.2) is 0 Å². The third kappa shape index (κ3) is 3.41. The Morgan fingerprint density at radius 1 is 1.16 bits per heavy atom. The van der Waals surface area contributed by atoms with Gasteiger partial charge in [-0.1, -0.05) is 43.5 Å². The van der Waals surface area contributed by atoms with Crippen LogP contribution in [0.2, 0.25) is 0 Å². The second-order valence-electron chi connectivity index (χ2n) is 7.30. The van der Waals surface area contributed by atoms with E-state index in [1.54, 1.807) is 0 Å². The third-order valence-electron chi connectivity index (χ3n) is 4.83. The number of hydrogen-bond acceptors (Lipinski definition) is 3. The van der Waals surface area contributed by atoms with Crippen molar-refractivity contribution in [3.05, 3.63) is 47.0 Å². The van der Waals surface area contributed by atoms with E-state index in [-0.39, 0.29) is 0 Å². The van der Waals surface area contributed by atoms with Crippen molar-refractivity contribution in [2.75, 3.05) is 0 Å². The summed E-state index contributed by atoms with van der Waals surface area (Å²) >= 11 is 0. The predicted molar refractivity (Wildman–Crippen MR) is 100 cm³/mol. The highest BCUT2D eigenvalue weighted by Gasteiger charge is 2.34. The summed E-state index contributed by atoms with van der Waals surface area (Å²) < 4.78 is 11.7. The van der Waals surface area contributed by atoms with Crippen LogP contribution in [0.5, 0.6) is 11.5 Å². The van der Waals surface area contributed by atoms with Gasteiger partial charge in [0, 0.05) is 5.56 Å². The zero-order valence-corrected chi connectivity index (χ0v) is 15.5. The summed E-state index contributed by atoms with van der Waals surface area (Å²) in [4.78, 5) is 11.1. The van der Waals surface area contributed by atoms with Crippen LogP contribution in [0.4, 0.5) is 0 Å². The first-order valence-corrected chi connectivity index (χ1v) is 9.04. The molecule has 1 heterocycles. The van der Waals surface area contributed by atoms with Crippen LogP contribution >= 0.6 is 0 Å². The number of benzene rings is 2. The molecular weight excluding hydrogens is 312 g/mol. The summed E-state index contributed by atoms with van der Waals surface area (Å²) in [6, 6.07) is 10.4. The number of carbonyl (C=O) groups excluding carboxylic acids is 1. The molecule has 0 saturated heterocycles. The largest absolute Gasteiger partial charge is 0.482 e. The molecule has 0 atom stereocenters. The van der Waals surface area contributed by atoms with Gasteiger partial charge in [0.15, 0.2) is 0 Å². The molecule has 25 heavy (non-hydrogen) atoms. The fourth-order valence-electron chi connectivity index (χ4n) is 3.58. The molecule has 1 aliphatic rings. The maximum Gasteiger partial charge on any atom is 0.298 e. The second-order valence-corrected chi connectivity index (χ2v) is 7.30. The molecule has 0 fully saturated rings. The van der Waals surface area contributed by atoms with Crippen molar-refractivity contribution in [1.82, 2.24) is 0 Å². The summed E-state index contributed by atoms with van der Waals surface area (Å²) in [5, 5.41) is 0. The first kappa shape index (κ1) is 17.5. The van der Waals surface area contributed by atoms with Crippen LogP contribution < -0.4 is 9.47 Å². The second kappa shape index (κ2) is 6.91. The molecule has 0 amide bonds. The van der Waals surface area contributed by atoms with Crippen LogP contribution in [0.1, 0.15) is 56.7 Å². The maximum atomic E-state index is 11.1. The fourth-order valence-corrected chi connectivity index (χ4v) is 3.58. The lowest BCUT2D eigenvalue weighted by molar-refractivity contribution is -0.120. The lowest BCUT2D eigenvalue weighted by atomic mass is 9.84. The number of aryl methyl sites for hydroxylation is 2. The van der Waals surface area contributed by atoms with Crippen LogP contribution in [-0.2, 0) is 16.8 Å². The Hall–Kier alpha value is -2.29. The normalized spacial score (nSPS) is 14.2. The average molecular weight is 338 g/mol. The standard InChI is InChI=1S/C22H26O3/c1-5-6-7-8-16-12-19(24-14-23)21-17-11-15(2)9-10-18(17)22(3,4)25-20(21)13-16/h9-14H,5-8H2,1-4H3. The summed E-state index contributed by atoms with van der Waals surface area (Å²) in [6.45, 7) is 8.92. The molecule has 132 valence electrons. The van der Waals surface area contributed by atoms with Crippen LogP contribution in [-0.4, -0.2) is 6.47 Å². The summed E-state index contributed by atoms with van der Waals surface area (Å²) in [5.41, 5.74) is 4.98. The van der Waals surface area contributed by atoms with Crippen molar-refractivity contribution < 1.29 is 14.3 Å². The fraction of sp³-hybridized carbons (Fsp3) is 0.409. The minimum atomic E-state index is -0.420. The van der Waals surface area contributed by atoms with E-state index in [1.807, 2.05) is 6.07 Å². The molecule has 0 radical (unpaired) electrons. The van der Waals surface area contributed by atoms with Crippen molar-refractivity contribution in [3.63, 3.8) is 0 Å². The summed E-state index contributed by atoms with van der Waals surface area (Å²) in [7, 11) is 0. The highest BCUT2D eigenvalue weighted by atomic mass is 16.5. The van der Waals surface area contributed by atoms with Crippen molar-refractivity contribution in [2.24, 2.45) is 0 Å². The van der Waals surface area contributed by atoms with E-state index in [1.165, 1.54) is 18.4 Å². The Morgan fingerprint density at radius 3 is 2.68 bits per heavy atom. The Kier molecular flexibility index (Phi) is 4.85. The van der Waals surface area contributed by atoms with Gasteiger partial charge in [-0.2, -0.15) is 0 Å². The Bertz CT molecular complexity index is 790. The van der Waals surface area contributed by atoms with E-state index in [0.717, 1.165) is 40.8 Å². The summed E-state index contributed by atoms with van der Waals surface area (Å²) in [5.74, 6) is 1.38. The molecule has 0 saturated carbocycles. The van der Waals surface area contributed by atoms with Crippen molar-refractivity contribution in [3.8, 4) is 22.6 Å². The topological polar surface area (TPSA) is 35.5 Å². The van der Waals surface area contributed by atoms with Gasteiger partial charge in [-0.05, 0) is 56.9 Å². The average Bonchev–Trinajstić information content (AvgIpc) is 2.54. The minimum absolute atomic E-state index is 0.420. The molecule has 0 unspecified atom stereocenters. The maximum absolute atomic E-state index is 11.1. The number of rotatable bonds is 6. The molecule has 0 spiro atoms. The van der Waals surface area contributed by atoms with Gasteiger partial charge in [-0.3, -0.25) is 4.79 Å². The number of unbranched alkanes of at least 4 members (excludes halogenated alkanes) is 2.